The summed E-state index contributed by atoms with van der Waals surface area (Å²) in [6, 6.07) is 3.74. The molecule has 1 N–H and O–H groups in total. The van der Waals surface area contributed by atoms with E-state index in [0.717, 1.165) is 25.2 Å². The molecule has 0 amide bonds. The number of piperazine rings is 1. The van der Waals surface area contributed by atoms with Gasteiger partial charge in [0.2, 0.25) is 0 Å². The van der Waals surface area contributed by atoms with Crippen molar-refractivity contribution in [3.8, 4) is 0 Å². The maximum atomic E-state index is 4.33. The van der Waals surface area contributed by atoms with E-state index in [1.807, 2.05) is 12.4 Å². The minimum atomic E-state index is 0.759. The Morgan fingerprint density at radius 1 is 1.20 bits per heavy atom. The number of fused-ring (bicyclic) bond motifs is 1. The summed E-state index contributed by atoms with van der Waals surface area (Å²) in [5.41, 5.74) is 2.77. The molecule has 3 aliphatic rings. The van der Waals surface area contributed by atoms with Crippen LogP contribution in [0.3, 0.4) is 0 Å². The molecule has 1 atom stereocenters. The normalized spacial score (nSPS) is 26.8. The molecule has 0 radical (unpaired) electrons. The summed E-state index contributed by atoms with van der Waals surface area (Å²) in [5, 5.41) is 3.62. The van der Waals surface area contributed by atoms with E-state index in [1.54, 1.807) is 0 Å². The molecule has 3 fully saturated rings. The number of hydrogen-bond donors (Lipinski definition) is 1. The van der Waals surface area contributed by atoms with E-state index in [-0.39, 0.29) is 0 Å². The predicted octanol–water partition coefficient (Wildman–Crippen LogP) is 1.62. The lowest BCUT2D eigenvalue weighted by Gasteiger charge is -2.39. The number of aromatic nitrogens is 1. The van der Waals surface area contributed by atoms with Crippen molar-refractivity contribution >= 4 is 5.69 Å². The zero-order valence-corrected chi connectivity index (χ0v) is 12.1. The lowest BCUT2D eigenvalue weighted by Crippen LogP contribution is -2.50. The van der Waals surface area contributed by atoms with Crippen LogP contribution < -0.4 is 10.2 Å². The van der Waals surface area contributed by atoms with Crippen LogP contribution in [0.4, 0.5) is 5.69 Å². The van der Waals surface area contributed by atoms with Crippen molar-refractivity contribution in [2.45, 2.75) is 44.3 Å². The van der Waals surface area contributed by atoms with Crippen molar-refractivity contribution in [2.24, 2.45) is 0 Å². The highest BCUT2D eigenvalue weighted by atomic mass is 15.3. The highest BCUT2D eigenvalue weighted by molar-refractivity contribution is 5.53. The summed E-state index contributed by atoms with van der Waals surface area (Å²) in [6.07, 6.45) is 9.43. The molecule has 4 nitrogen and oxygen atoms in total. The van der Waals surface area contributed by atoms with E-state index in [9.17, 15) is 0 Å². The Hall–Kier alpha value is -1.13. The quantitative estimate of drug-likeness (QED) is 0.902. The molecule has 1 aromatic rings. The predicted molar refractivity (Wildman–Crippen MR) is 80.9 cm³/mol. The first-order chi connectivity index (χ1) is 9.90. The van der Waals surface area contributed by atoms with Crippen LogP contribution >= 0.6 is 0 Å². The average molecular weight is 272 g/mol. The van der Waals surface area contributed by atoms with Gasteiger partial charge in [-0.2, -0.15) is 0 Å². The molecule has 2 saturated heterocycles. The van der Waals surface area contributed by atoms with Crippen LogP contribution in [0.5, 0.6) is 0 Å². The number of nitrogens with one attached hydrogen (secondary N) is 1. The standard InChI is InChI=1S/C16H24N4/c1-2-15-12-20(9-8-19(15)7-1)16-5-6-17-10-13(16)11-18-14-3-4-14/h5-6,10,14-15,18H,1-4,7-9,11-12H2. The molecule has 2 aliphatic heterocycles. The summed E-state index contributed by atoms with van der Waals surface area (Å²) < 4.78 is 0. The maximum Gasteiger partial charge on any atom is 0.0443 e. The van der Waals surface area contributed by atoms with Crippen LogP contribution in [-0.4, -0.2) is 48.1 Å². The molecule has 3 heterocycles. The van der Waals surface area contributed by atoms with E-state index < -0.39 is 0 Å². The van der Waals surface area contributed by atoms with Crippen molar-refractivity contribution < 1.29 is 0 Å². The third kappa shape index (κ3) is 2.54. The molecule has 4 heteroatoms. The fraction of sp³-hybridized carbons (Fsp3) is 0.688. The largest absolute Gasteiger partial charge is 0.368 e. The molecule has 0 bridgehead atoms. The number of hydrogen-bond acceptors (Lipinski definition) is 4. The SMILES string of the molecule is c1cc(N2CCN3CCCC3C2)c(CNC2CC2)cn1. The highest BCUT2D eigenvalue weighted by Crippen LogP contribution is 2.28. The van der Waals surface area contributed by atoms with Gasteiger partial charge < -0.3 is 10.2 Å². The van der Waals surface area contributed by atoms with Gasteiger partial charge in [0.25, 0.3) is 0 Å². The number of rotatable bonds is 4. The molecule has 4 rings (SSSR count). The van der Waals surface area contributed by atoms with Gasteiger partial charge in [-0.3, -0.25) is 9.88 Å². The molecule has 1 saturated carbocycles. The molecule has 0 spiro atoms. The van der Waals surface area contributed by atoms with E-state index >= 15 is 0 Å². The second kappa shape index (κ2) is 5.34. The second-order valence-corrected chi connectivity index (χ2v) is 6.44. The van der Waals surface area contributed by atoms with Crippen molar-refractivity contribution in [1.82, 2.24) is 15.2 Å². The van der Waals surface area contributed by atoms with Gasteiger partial charge >= 0.3 is 0 Å². The number of pyridine rings is 1. The third-order valence-corrected chi connectivity index (χ3v) is 4.96. The summed E-state index contributed by atoms with van der Waals surface area (Å²) in [6.45, 7) is 5.86. The van der Waals surface area contributed by atoms with Crippen molar-refractivity contribution in [1.29, 1.82) is 0 Å². The van der Waals surface area contributed by atoms with E-state index in [1.165, 1.54) is 56.6 Å². The zero-order chi connectivity index (χ0) is 13.4. The molecule has 108 valence electrons. The Bertz CT molecular complexity index is 471. The van der Waals surface area contributed by atoms with Crippen LogP contribution in [0.1, 0.15) is 31.2 Å². The fourth-order valence-electron chi connectivity index (χ4n) is 3.62. The summed E-state index contributed by atoms with van der Waals surface area (Å²) in [5.74, 6) is 0. The minimum absolute atomic E-state index is 0.759. The number of anilines is 1. The average Bonchev–Trinajstić information content (AvgIpc) is 3.20. The van der Waals surface area contributed by atoms with Gasteiger partial charge in [0.05, 0.1) is 0 Å². The highest BCUT2D eigenvalue weighted by Gasteiger charge is 2.31. The molecule has 1 unspecified atom stereocenters. The topological polar surface area (TPSA) is 31.4 Å². The maximum absolute atomic E-state index is 4.33. The van der Waals surface area contributed by atoms with Gasteiger partial charge in [-0.15, -0.1) is 0 Å². The van der Waals surface area contributed by atoms with Crippen molar-refractivity contribution in [3.05, 3.63) is 24.0 Å². The van der Waals surface area contributed by atoms with E-state index in [0.29, 0.717) is 0 Å². The third-order valence-electron chi connectivity index (χ3n) is 4.96. The van der Waals surface area contributed by atoms with Gasteiger partial charge in [-0.25, -0.2) is 0 Å². The van der Waals surface area contributed by atoms with Gasteiger partial charge in [-0.1, -0.05) is 0 Å². The van der Waals surface area contributed by atoms with Gasteiger partial charge in [0, 0.05) is 61.9 Å². The molecular formula is C16H24N4. The molecule has 0 aromatic carbocycles. The van der Waals surface area contributed by atoms with Crippen LogP contribution in [0.2, 0.25) is 0 Å². The lowest BCUT2D eigenvalue weighted by molar-refractivity contribution is 0.231. The summed E-state index contributed by atoms with van der Waals surface area (Å²) in [4.78, 5) is 9.58. The lowest BCUT2D eigenvalue weighted by atomic mass is 10.1. The van der Waals surface area contributed by atoms with Crippen LogP contribution in [0.15, 0.2) is 18.5 Å². The Balaban J connectivity index is 1.48. The fourth-order valence-corrected chi connectivity index (χ4v) is 3.62. The van der Waals surface area contributed by atoms with E-state index in [2.05, 4.69) is 26.2 Å². The minimum Gasteiger partial charge on any atom is -0.368 e. The smallest absolute Gasteiger partial charge is 0.0443 e. The van der Waals surface area contributed by atoms with Gasteiger partial charge in [0.1, 0.15) is 0 Å². The second-order valence-electron chi connectivity index (χ2n) is 6.44. The molecule has 1 aliphatic carbocycles. The Morgan fingerprint density at radius 2 is 2.15 bits per heavy atom. The van der Waals surface area contributed by atoms with Crippen molar-refractivity contribution in [2.75, 3.05) is 31.1 Å². The Labute approximate surface area is 121 Å². The monoisotopic (exact) mass is 272 g/mol. The Morgan fingerprint density at radius 3 is 3.05 bits per heavy atom. The van der Waals surface area contributed by atoms with Crippen LogP contribution in [0.25, 0.3) is 0 Å². The number of nitrogens with zero attached hydrogens (tertiary/aromatic N) is 3. The molecule has 1 aromatic heterocycles. The first-order valence-electron chi connectivity index (χ1n) is 8.05. The van der Waals surface area contributed by atoms with Crippen molar-refractivity contribution in [3.63, 3.8) is 0 Å². The van der Waals surface area contributed by atoms with Crippen LogP contribution in [-0.2, 0) is 6.54 Å². The molecular weight excluding hydrogens is 248 g/mol. The van der Waals surface area contributed by atoms with Crippen LogP contribution in [0, 0.1) is 0 Å². The summed E-state index contributed by atoms with van der Waals surface area (Å²) in [7, 11) is 0. The summed E-state index contributed by atoms with van der Waals surface area (Å²) >= 11 is 0. The molecule has 20 heavy (non-hydrogen) atoms. The van der Waals surface area contributed by atoms with E-state index in [4.69, 9.17) is 0 Å². The van der Waals surface area contributed by atoms with Gasteiger partial charge in [0.15, 0.2) is 0 Å². The zero-order valence-electron chi connectivity index (χ0n) is 12.1. The first kappa shape index (κ1) is 12.6. The Kier molecular flexibility index (Phi) is 3.36. The first-order valence-corrected chi connectivity index (χ1v) is 8.05. The van der Waals surface area contributed by atoms with Gasteiger partial charge in [-0.05, 0) is 38.3 Å².